The van der Waals surface area contributed by atoms with E-state index in [2.05, 4.69) is 10.3 Å². The second-order valence-corrected chi connectivity index (χ2v) is 5.51. The van der Waals surface area contributed by atoms with Crippen molar-refractivity contribution in [2.75, 3.05) is 0 Å². The number of carbonyl (C=O) groups excluding carboxylic acids is 1. The summed E-state index contributed by atoms with van der Waals surface area (Å²) in [5.41, 5.74) is 4.68. The van der Waals surface area contributed by atoms with Crippen LogP contribution in [0.25, 0.3) is 16.9 Å². The minimum Gasteiger partial charge on any atom is -0.296 e. The molecule has 0 aliphatic carbocycles. The molecular weight excluding hydrogens is 298 g/mol. The Morgan fingerprint density at radius 2 is 1.91 bits per heavy atom. The maximum absolute atomic E-state index is 11.3. The minimum absolute atomic E-state index is 0.310. The Labute approximate surface area is 133 Å². The summed E-state index contributed by atoms with van der Waals surface area (Å²) < 4.78 is 1.67. The SMILES string of the molecule is Cc1cccc(-c2c(C=O)nnn2-c2cccc(Cl)c2C)c1. The van der Waals surface area contributed by atoms with Crippen LogP contribution >= 0.6 is 11.6 Å². The lowest BCUT2D eigenvalue weighted by molar-refractivity contribution is 0.111. The second-order valence-electron chi connectivity index (χ2n) is 5.11. The molecule has 0 fully saturated rings. The average molecular weight is 312 g/mol. The van der Waals surface area contributed by atoms with Crippen LogP contribution in [0.5, 0.6) is 0 Å². The quantitative estimate of drug-likeness (QED) is 0.686. The molecule has 110 valence electrons. The summed E-state index contributed by atoms with van der Waals surface area (Å²) >= 11 is 6.20. The van der Waals surface area contributed by atoms with Crippen molar-refractivity contribution < 1.29 is 4.79 Å². The first-order valence-corrected chi connectivity index (χ1v) is 7.23. The highest BCUT2D eigenvalue weighted by atomic mass is 35.5. The lowest BCUT2D eigenvalue weighted by Crippen LogP contribution is -2.02. The number of aromatic nitrogens is 3. The van der Waals surface area contributed by atoms with Crippen molar-refractivity contribution >= 4 is 17.9 Å². The van der Waals surface area contributed by atoms with Crippen LogP contribution in [0.2, 0.25) is 5.02 Å². The first kappa shape index (κ1) is 14.5. The van der Waals surface area contributed by atoms with Gasteiger partial charge < -0.3 is 0 Å². The van der Waals surface area contributed by atoms with Gasteiger partial charge in [0.1, 0.15) is 5.69 Å². The molecule has 0 unspecified atom stereocenters. The van der Waals surface area contributed by atoms with Gasteiger partial charge in [0, 0.05) is 10.6 Å². The highest BCUT2D eigenvalue weighted by molar-refractivity contribution is 6.31. The van der Waals surface area contributed by atoms with Crippen molar-refractivity contribution in [1.82, 2.24) is 15.0 Å². The van der Waals surface area contributed by atoms with Gasteiger partial charge in [-0.2, -0.15) is 0 Å². The molecule has 0 spiro atoms. The third-order valence-electron chi connectivity index (χ3n) is 3.57. The van der Waals surface area contributed by atoms with Crippen molar-refractivity contribution in [3.8, 4) is 16.9 Å². The van der Waals surface area contributed by atoms with Crippen LogP contribution < -0.4 is 0 Å². The maximum atomic E-state index is 11.3. The Hall–Kier alpha value is -2.46. The van der Waals surface area contributed by atoms with E-state index in [-0.39, 0.29) is 0 Å². The smallest absolute Gasteiger partial charge is 0.172 e. The van der Waals surface area contributed by atoms with Gasteiger partial charge in [-0.05, 0) is 37.6 Å². The number of halogens is 1. The van der Waals surface area contributed by atoms with E-state index in [9.17, 15) is 4.79 Å². The van der Waals surface area contributed by atoms with Gasteiger partial charge in [0.15, 0.2) is 12.0 Å². The highest BCUT2D eigenvalue weighted by Crippen LogP contribution is 2.28. The van der Waals surface area contributed by atoms with Crippen LogP contribution in [0.15, 0.2) is 42.5 Å². The van der Waals surface area contributed by atoms with Gasteiger partial charge in [-0.15, -0.1) is 5.10 Å². The Morgan fingerprint density at radius 1 is 1.14 bits per heavy atom. The first-order valence-electron chi connectivity index (χ1n) is 6.85. The molecule has 0 radical (unpaired) electrons. The van der Waals surface area contributed by atoms with Gasteiger partial charge in [0.2, 0.25) is 0 Å². The molecule has 0 bridgehead atoms. The van der Waals surface area contributed by atoms with E-state index in [1.165, 1.54) is 0 Å². The molecule has 0 amide bonds. The number of aryl methyl sites for hydroxylation is 1. The molecule has 0 aliphatic rings. The van der Waals surface area contributed by atoms with Crippen LogP contribution in [0.4, 0.5) is 0 Å². The molecular formula is C17H14ClN3O. The zero-order valence-electron chi connectivity index (χ0n) is 12.2. The van der Waals surface area contributed by atoms with Gasteiger partial charge in [-0.3, -0.25) is 4.79 Å². The molecule has 3 rings (SSSR count). The number of hydrogen-bond acceptors (Lipinski definition) is 3. The summed E-state index contributed by atoms with van der Waals surface area (Å²) in [7, 11) is 0. The van der Waals surface area contributed by atoms with Crippen LogP contribution in [-0.2, 0) is 0 Å². The monoisotopic (exact) mass is 311 g/mol. The summed E-state index contributed by atoms with van der Waals surface area (Å²) in [6.07, 6.45) is 0.723. The Balaban J connectivity index is 2.28. The molecule has 1 aromatic heterocycles. The molecule has 0 N–H and O–H groups in total. The summed E-state index contributed by atoms with van der Waals surface area (Å²) in [6.45, 7) is 3.92. The van der Waals surface area contributed by atoms with Crippen LogP contribution in [0.3, 0.4) is 0 Å². The Kier molecular flexibility index (Phi) is 3.77. The molecule has 0 aliphatic heterocycles. The molecule has 4 nitrogen and oxygen atoms in total. The van der Waals surface area contributed by atoms with Gasteiger partial charge in [0.25, 0.3) is 0 Å². The predicted octanol–water partition coefficient (Wildman–Crippen LogP) is 4.02. The number of benzene rings is 2. The van der Waals surface area contributed by atoms with Crippen LogP contribution in [-0.4, -0.2) is 21.3 Å². The number of carbonyl (C=O) groups is 1. The molecule has 1 heterocycles. The summed E-state index contributed by atoms with van der Waals surface area (Å²) in [5.74, 6) is 0. The molecule has 2 aromatic carbocycles. The standard InChI is InChI=1S/C17H14ClN3O/c1-11-5-3-6-13(9-11)17-15(10-22)19-20-21(17)16-8-4-7-14(18)12(16)2/h3-10H,1-2H3. The van der Waals surface area contributed by atoms with E-state index < -0.39 is 0 Å². The number of rotatable bonds is 3. The molecule has 3 aromatic rings. The van der Waals surface area contributed by atoms with Gasteiger partial charge in [-0.25, -0.2) is 4.68 Å². The van der Waals surface area contributed by atoms with Crippen molar-refractivity contribution in [2.24, 2.45) is 0 Å². The predicted molar refractivity (Wildman–Crippen MR) is 86.7 cm³/mol. The van der Waals surface area contributed by atoms with E-state index in [1.54, 1.807) is 4.68 Å². The third kappa shape index (κ3) is 2.42. The molecule has 0 saturated carbocycles. The summed E-state index contributed by atoms with van der Waals surface area (Å²) in [6, 6.07) is 13.5. The Morgan fingerprint density at radius 3 is 2.64 bits per heavy atom. The molecule has 0 atom stereocenters. The summed E-state index contributed by atoms with van der Waals surface area (Å²) in [4.78, 5) is 11.3. The van der Waals surface area contributed by atoms with E-state index in [0.29, 0.717) is 16.4 Å². The fraction of sp³-hybridized carbons (Fsp3) is 0.118. The van der Waals surface area contributed by atoms with Crippen molar-refractivity contribution in [3.05, 3.63) is 64.3 Å². The lowest BCUT2D eigenvalue weighted by Gasteiger charge is -2.11. The zero-order chi connectivity index (χ0) is 15.7. The Bertz CT molecular complexity index is 855. The highest BCUT2D eigenvalue weighted by Gasteiger charge is 2.17. The fourth-order valence-corrected chi connectivity index (χ4v) is 2.60. The summed E-state index contributed by atoms with van der Waals surface area (Å²) in [5, 5.41) is 8.78. The van der Waals surface area contributed by atoms with Gasteiger partial charge in [0.05, 0.1) is 5.69 Å². The third-order valence-corrected chi connectivity index (χ3v) is 3.98. The lowest BCUT2D eigenvalue weighted by atomic mass is 10.1. The number of hydrogen-bond donors (Lipinski definition) is 0. The van der Waals surface area contributed by atoms with E-state index in [4.69, 9.17) is 11.6 Å². The first-order chi connectivity index (χ1) is 10.6. The number of nitrogens with zero attached hydrogens (tertiary/aromatic N) is 3. The van der Waals surface area contributed by atoms with E-state index in [1.807, 2.05) is 56.3 Å². The van der Waals surface area contributed by atoms with Gasteiger partial charge >= 0.3 is 0 Å². The van der Waals surface area contributed by atoms with Gasteiger partial charge in [-0.1, -0.05) is 46.6 Å². The minimum atomic E-state index is 0.310. The molecule has 5 heteroatoms. The zero-order valence-corrected chi connectivity index (χ0v) is 13.0. The van der Waals surface area contributed by atoms with Crippen molar-refractivity contribution in [2.45, 2.75) is 13.8 Å². The van der Waals surface area contributed by atoms with Crippen LogP contribution in [0.1, 0.15) is 21.6 Å². The van der Waals surface area contributed by atoms with E-state index in [0.717, 1.165) is 28.7 Å². The van der Waals surface area contributed by atoms with Crippen molar-refractivity contribution in [3.63, 3.8) is 0 Å². The average Bonchev–Trinajstić information content (AvgIpc) is 2.93. The molecule has 22 heavy (non-hydrogen) atoms. The second kappa shape index (κ2) is 5.73. The topological polar surface area (TPSA) is 47.8 Å². The van der Waals surface area contributed by atoms with Crippen LogP contribution in [0, 0.1) is 13.8 Å². The maximum Gasteiger partial charge on any atom is 0.172 e. The fourth-order valence-electron chi connectivity index (χ4n) is 2.43. The normalized spacial score (nSPS) is 10.7. The van der Waals surface area contributed by atoms with E-state index >= 15 is 0 Å². The van der Waals surface area contributed by atoms with Crippen molar-refractivity contribution in [1.29, 1.82) is 0 Å². The number of aldehydes is 1. The molecule has 0 saturated heterocycles. The largest absolute Gasteiger partial charge is 0.296 e.